The van der Waals surface area contributed by atoms with Gasteiger partial charge in [0.25, 0.3) is 0 Å². The summed E-state index contributed by atoms with van der Waals surface area (Å²) in [6, 6.07) is 0.235. The van der Waals surface area contributed by atoms with Gasteiger partial charge in [-0.3, -0.25) is 9.59 Å². The van der Waals surface area contributed by atoms with Gasteiger partial charge in [0.2, 0.25) is 11.8 Å². The summed E-state index contributed by atoms with van der Waals surface area (Å²) >= 11 is 0. The van der Waals surface area contributed by atoms with Crippen LogP contribution in [-0.2, 0) is 9.59 Å². The topological polar surface area (TPSA) is 75.4 Å². The van der Waals surface area contributed by atoms with Crippen molar-refractivity contribution in [2.75, 3.05) is 19.6 Å². The lowest BCUT2D eigenvalue weighted by molar-refractivity contribution is -0.141. The van der Waals surface area contributed by atoms with E-state index in [-0.39, 0.29) is 29.7 Å². The van der Waals surface area contributed by atoms with E-state index in [0.29, 0.717) is 6.54 Å². The molecule has 0 aliphatic carbocycles. The highest BCUT2D eigenvalue weighted by Gasteiger charge is 2.35. The van der Waals surface area contributed by atoms with Crippen LogP contribution in [0.5, 0.6) is 0 Å². The van der Waals surface area contributed by atoms with Gasteiger partial charge in [-0.2, -0.15) is 0 Å². The smallest absolute Gasteiger partial charge is 0.227 e. The number of carbonyl (C=O) groups is 2. The number of nitrogens with one attached hydrogen (secondary N) is 1. The maximum absolute atomic E-state index is 12.3. The first-order valence-electron chi connectivity index (χ1n) is 6.40. The SMILES string of the molecule is CC1CCC(C(N)=O)CN1C(=O)C1CCNC1. The summed E-state index contributed by atoms with van der Waals surface area (Å²) in [6.45, 7) is 4.24. The van der Waals surface area contributed by atoms with Crippen LogP contribution < -0.4 is 11.1 Å². The summed E-state index contributed by atoms with van der Waals surface area (Å²) in [4.78, 5) is 25.4. The molecular weight excluding hydrogens is 218 g/mol. The van der Waals surface area contributed by atoms with Crippen LogP contribution in [0.1, 0.15) is 26.2 Å². The Kier molecular flexibility index (Phi) is 3.66. The average Bonchev–Trinajstić information content (AvgIpc) is 2.81. The van der Waals surface area contributed by atoms with Gasteiger partial charge in [0.05, 0.1) is 11.8 Å². The lowest BCUT2D eigenvalue weighted by Crippen LogP contribution is -2.50. The number of piperidine rings is 1. The molecule has 2 aliphatic heterocycles. The van der Waals surface area contributed by atoms with Gasteiger partial charge in [-0.1, -0.05) is 0 Å². The standard InChI is InChI=1S/C12H21N3O2/c1-8-2-3-10(11(13)16)7-15(8)12(17)9-4-5-14-6-9/h8-10,14H,2-7H2,1H3,(H2,13,16). The Balaban J connectivity index is 2.01. The van der Waals surface area contributed by atoms with E-state index in [1.165, 1.54) is 0 Å². The van der Waals surface area contributed by atoms with E-state index in [1.807, 2.05) is 4.90 Å². The molecule has 2 saturated heterocycles. The molecule has 96 valence electrons. The van der Waals surface area contributed by atoms with E-state index in [4.69, 9.17) is 5.73 Å². The predicted molar refractivity (Wildman–Crippen MR) is 64.1 cm³/mol. The van der Waals surface area contributed by atoms with Gasteiger partial charge in [0.1, 0.15) is 0 Å². The third-order valence-electron chi connectivity index (χ3n) is 3.98. The van der Waals surface area contributed by atoms with E-state index in [0.717, 1.165) is 32.4 Å². The van der Waals surface area contributed by atoms with Crippen LogP contribution in [0, 0.1) is 11.8 Å². The molecule has 3 atom stereocenters. The molecule has 0 radical (unpaired) electrons. The largest absolute Gasteiger partial charge is 0.369 e. The molecule has 0 saturated carbocycles. The maximum atomic E-state index is 12.3. The van der Waals surface area contributed by atoms with E-state index >= 15 is 0 Å². The van der Waals surface area contributed by atoms with E-state index in [2.05, 4.69) is 12.2 Å². The minimum Gasteiger partial charge on any atom is -0.369 e. The van der Waals surface area contributed by atoms with Gasteiger partial charge in [-0.25, -0.2) is 0 Å². The third kappa shape index (κ3) is 2.60. The van der Waals surface area contributed by atoms with Crippen LogP contribution in [0.3, 0.4) is 0 Å². The lowest BCUT2D eigenvalue weighted by Gasteiger charge is -2.38. The fourth-order valence-corrected chi connectivity index (χ4v) is 2.75. The molecule has 5 nitrogen and oxygen atoms in total. The molecule has 5 heteroatoms. The highest BCUT2D eigenvalue weighted by atomic mass is 16.2. The van der Waals surface area contributed by atoms with E-state index in [9.17, 15) is 9.59 Å². The highest BCUT2D eigenvalue weighted by molar-refractivity contribution is 5.82. The number of likely N-dealkylation sites (tertiary alicyclic amines) is 1. The zero-order valence-electron chi connectivity index (χ0n) is 10.3. The summed E-state index contributed by atoms with van der Waals surface area (Å²) in [5, 5.41) is 3.20. The number of rotatable bonds is 2. The molecule has 3 N–H and O–H groups in total. The number of nitrogens with two attached hydrogens (primary N) is 1. The van der Waals surface area contributed by atoms with Crippen molar-refractivity contribution in [1.82, 2.24) is 10.2 Å². The van der Waals surface area contributed by atoms with Crippen LogP contribution in [0.15, 0.2) is 0 Å². The lowest BCUT2D eigenvalue weighted by atomic mass is 9.91. The van der Waals surface area contributed by atoms with Crippen molar-refractivity contribution in [2.24, 2.45) is 17.6 Å². The Bertz CT molecular complexity index is 313. The summed E-state index contributed by atoms with van der Waals surface area (Å²) in [5.41, 5.74) is 5.34. The average molecular weight is 239 g/mol. The quantitative estimate of drug-likeness (QED) is 0.695. The van der Waals surface area contributed by atoms with Crippen LogP contribution in [-0.4, -0.2) is 42.4 Å². The van der Waals surface area contributed by atoms with E-state index in [1.54, 1.807) is 0 Å². The predicted octanol–water partition coefficient (Wildman–Crippen LogP) is -0.292. The zero-order chi connectivity index (χ0) is 12.4. The number of carbonyl (C=O) groups excluding carboxylic acids is 2. The van der Waals surface area contributed by atoms with Crippen molar-refractivity contribution in [2.45, 2.75) is 32.2 Å². The first-order valence-corrected chi connectivity index (χ1v) is 6.40. The number of hydrogen-bond acceptors (Lipinski definition) is 3. The van der Waals surface area contributed by atoms with Gasteiger partial charge < -0.3 is 16.0 Å². The summed E-state index contributed by atoms with van der Waals surface area (Å²) in [5.74, 6) is -0.165. The Morgan fingerprint density at radius 2 is 2.00 bits per heavy atom. The Labute approximate surface area is 102 Å². The molecule has 0 bridgehead atoms. The molecule has 0 aromatic carbocycles. The minimum absolute atomic E-state index is 0.0871. The van der Waals surface area contributed by atoms with Crippen LogP contribution in [0.4, 0.5) is 0 Å². The van der Waals surface area contributed by atoms with Crippen LogP contribution in [0.2, 0.25) is 0 Å². The normalized spacial score (nSPS) is 33.7. The van der Waals surface area contributed by atoms with Crippen molar-refractivity contribution >= 4 is 11.8 Å². The van der Waals surface area contributed by atoms with E-state index < -0.39 is 0 Å². The molecule has 2 rings (SSSR count). The molecular formula is C12H21N3O2. The second-order valence-electron chi connectivity index (χ2n) is 5.21. The Hall–Kier alpha value is -1.10. The first-order chi connectivity index (χ1) is 8.09. The molecule has 17 heavy (non-hydrogen) atoms. The van der Waals surface area contributed by atoms with Gasteiger partial charge in [0.15, 0.2) is 0 Å². The van der Waals surface area contributed by atoms with Crippen molar-refractivity contribution in [3.05, 3.63) is 0 Å². The molecule has 2 amide bonds. The molecule has 2 fully saturated rings. The van der Waals surface area contributed by atoms with Gasteiger partial charge in [0, 0.05) is 19.1 Å². The van der Waals surface area contributed by atoms with Crippen LogP contribution >= 0.6 is 0 Å². The molecule has 0 spiro atoms. The van der Waals surface area contributed by atoms with Gasteiger partial charge in [-0.15, -0.1) is 0 Å². The van der Waals surface area contributed by atoms with Gasteiger partial charge >= 0.3 is 0 Å². The second-order valence-corrected chi connectivity index (χ2v) is 5.21. The molecule has 0 aromatic heterocycles. The monoisotopic (exact) mass is 239 g/mol. The van der Waals surface area contributed by atoms with Crippen LogP contribution in [0.25, 0.3) is 0 Å². The summed E-state index contributed by atoms with van der Waals surface area (Å²) in [7, 11) is 0. The van der Waals surface area contributed by atoms with Crippen molar-refractivity contribution < 1.29 is 9.59 Å². The highest BCUT2D eigenvalue weighted by Crippen LogP contribution is 2.24. The fraction of sp³-hybridized carbons (Fsp3) is 0.833. The zero-order valence-corrected chi connectivity index (χ0v) is 10.3. The number of amides is 2. The minimum atomic E-state index is -0.278. The molecule has 2 aliphatic rings. The Morgan fingerprint density at radius 1 is 1.24 bits per heavy atom. The number of hydrogen-bond donors (Lipinski definition) is 2. The van der Waals surface area contributed by atoms with Crippen molar-refractivity contribution in [3.63, 3.8) is 0 Å². The number of primary amides is 1. The fourth-order valence-electron chi connectivity index (χ4n) is 2.75. The van der Waals surface area contributed by atoms with Crippen molar-refractivity contribution in [1.29, 1.82) is 0 Å². The summed E-state index contributed by atoms with van der Waals surface area (Å²) < 4.78 is 0. The maximum Gasteiger partial charge on any atom is 0.227 e. The molecule has 2 heterocycles. The van der Waals surface area contributed by atoms with Crippen molar-refractivity contribution in [3.8, 4) is 0 Å². The van der Waals surface area contributed by atoms with Gasteiger partial charge in [-0.05, 0) is 32.7 Å². The first kappa shape index (κ1) is 12.4. The second kappa shape index (κ2) is 5.04. The molecule has 3 unspecified atom stereocenters. The third-order valence-corrected chi connectivity index (χ3v) is 3.98. The summed E-state index contributed by atoms with van der Waals surface area (Å²) in [6.07, 6.45) is 2.59. The Morgan fingerprint density at radius 3 is 2.59 bits per heavy atom. The number of nitrogens with zero attached hydrogens (tertiary/aromatic N) is 1. The molecule has 0 aromatic rings.